The molecule has 1 heteroatoms. The van der Waals surface area contributed by atoms with Crippen LogP contribution in [0.1, 0.15) is 84.0 Å². The minimum Gasteiger partial charge on any atom is -0.384 e. The number of allylic oxidation sites excluding steroid dienone is 1. The van der Waals surface area contributed by atoms with Crippen LogP contribution in [-0.2, 0) is 0 Å². The lowest BCUT2D eigenvalue weighted by molar-refractivity contribution is 0.546. The highest BCUT2D eigenvalue weighted by Crippen LogP contribution is 2.11. The van der Waals surface area contributed by atoms with Crippen molar-refractivity contribution in [3.63, 3.8) is 0 Å². The van der Waals surface area contributed by atoms with Crippen molar-refractivity contribution in [2.24, 2.45) is 0 Å². The van der Waals surface area contributed by atoms with Gasteiger partial charge in [0.05, 0.1) is 0 Å². The Morgan fingerprint density at radius 3 is 1.56 bits per heavy atom. The standard InChI is InChI=1S/C17H35N/c1-4-5-6-7-8-9-10-11-12-13-14-15-16-17-18(2)3/h16-17H,4-15H2,1-3H3/b17-16+. The second kappa shape index (κ2) is 14.6. The zero-order valence-corrected chi connectivity index (χ0v) is 13.1. The fourth-order valence-corrected chi connectivity index (χ4v) is 2.21. The molecule has 0 aliphatic carbocycles. The van der Waals surface area contributed by atoms with Gasteiger partial charge >= 0.3 is 0 Å². The van der Waals surface area contributed by atoms with E-state index in [2.05, 4.69) is 38.2 Å². The summed E-state index contributed by atoms with van der Waals surface area (Å²) in [5.41, 5.74) is 0. The lowest BCUT2D eigenvalue weighted by atomic mass is 10.1. The van der Waals surface area contributed by atoms with Gasteiger partial charge in [-0.25, -0.2) is 0 Å². The Morgan fingerprint density at radius 2 is 1.11 bits per heavy atom. The Labute approximate surface area is 116 Å². The van der Waals surface area contributed by atoms with E-state index in [1.165, 1.54) is 77.0 Å². The molecule has 0 rings (SSSR count). The lowest BCUT2D eigenvalue weighted by Gasteiger charge is -2.03. The van der Waals surface area contributed by atoms with Crippen molar-refractivity contribution in [1.29, 1.82) is 0 Å². The number of unbranched alkanes of at least 4 members (excludes halogenated alkanes) is 11. The molecule has 0 aromatic rings. The van der Waals surface area contributed by atoms with Gasteiger partial charge < -0.3 is 4.90 Å². The molecule has 0 unspecified atom stereocenters. The zero-order chi connectivity index (χ0) is 13.5. The van der Waals surface area contributed by atoms with E-state index in [-0.39, 0.29) is 0 Å². The summed E-state index contributed by atoms with van der Waals surface area (Å²) in [7, 11) is 4.16. The number of hydrogen-bond acceptors (Lipinski definition) is 1. The van der Waals surface area contributed by atoms with Gasteiger partial charge in [0, 0.05) is 14.1 Å². The van der Waals surface area contributed by atoms with Gasteiger partial charge in [-0.1, -0.05) is 77.2 Å². The smallest absolute Gasteiger partial charge is 0.00555 e. The Morgan fingerprint density at radius 1 is 0.667 bits per heavy atom. The summed E-state index contributed by atoms with van der Waals surface area (Å²) < 4.78 is 0. The summed E-state index contributed by atoms with van der Waals surface area (Å²) in [6.45, 7) is 2.29. The molecule has 0 radical (unpaired) electrons. The van der Waals surface area contributed by atoms with Gasteiger partial charge in [-0.2, -0.15) is 0 Å². The largest absolute Gasteiger partial charge is 0.384 e. The van der Waals surface area contributed by atoms with Gasteiger partial charge in [0.2, 0.25) is 0 Å². The molecular weight excluding hydrogens is 218 g/mol. The first-order valence-electron chi connectivity index (χ1n) is 8.10. The van der Waals surface area contributed by atoms with E-state index in [0.717, 1.165) is 0 Å². The maximum Gasteiger partial charge on any atom is 0.00555 e. The predicted molar refractivity (Wildman–Crippen MR) is 83.9 cm³/mol. The fourth-order valence-electron chi connectivity index (χ4n) is 2.21. The highest BCUT2D eigenvalue weighted by atomic mass is 15.0. The summed E-state index contributed by atoms with van der Waals surface area (Å²) in [5.74, 6) is 0. The minimum absolute atomic E-state index is 1.25. The summed E-state index contributed by atoms with van der Waals surface area (Å²) in [4.78, 5) is 2.11. The van der Waals surface area contributed by atoms with E-state index >= 15 is 0 Å². The first-order chi connectivity index (χ1) is 8.77. The van der Waals surface area contributed by atoms with Crippen molar-refractivity contribution in [3.8, 4) is 0 Å². The highest BCUT2D eigenvalue weighted by molar-refractivity contribution is 4.78. The van der Waals surface area contributed by atoms with E-state index < -0.39 is 0 Å². The van der Waals surface area contributed by atoms with Gasteiger partial charge in [-0.3, -0.25) is 0 Å². The van der Waals surface area contributed by atoms with Gasteiger partial charge in [-0.15, -0.1) is 0 Å². The first-order valence-corrected chi connectivity index (χ1v) is 8.10. The van der Waals surface area contributed by atoms with Gasteiger partial charge in [0.15, 0.2) is 0 Å². The molecule has 0 saturated carbocycles. The molecule has 0 aliphatic heterocycles. The average molecular weight is 253 g/mol. The van der Waals surface area contributed by atoms with Crippen molar-refractivity contribution in [3.05, 3.63) is 12.3 Å². The van der Waals surface area contributed by atoms with Crippen LogP contribution in [-0.4, -0.2) is 19.0 Å². The van der Waals surface area contributed by atoms with E-state index in [1.54, 1.807) is 0 Å². The summed E-state index contributed by atoms with van der Waals surface area (Å²) in [6, 6.07) is 0. The molecule has 1 nitrogen and oxygen atoms in total. The number of nitrogens with zero attached hydrogens (tertiary/aromatic N) is 1. The summed E-state index contributed by atoms with van der Waals surface area (Å²) in [5, 5.41) is 0. The van der Waals surface area contributed by atoms with Crippen LogP contribution in [0, 0.1) is 0 Å². The van der Waals surface area contributed by atoms with Crippen LogP contribution in [0.3, 0.4) is 0 Å². The molecule has 0 aromatic carbocycles. The molecule has 0 atom stereocenters. The third kappa shape index (κ3) is 15.5. The van der Waals surface area contributed by atoms with Crippen LogP contribution < -0.4 is 0 Å². The molecule has 0 spiro atoms. The predicted octanol–water partition coefficient (Wildman–Crippen LogP) is 5.76. The van der Waals surface area contributed by atoms with Crippen molar-refractivity contribution in [1.82, 2.24) is 4.90 Å². The second-order valence-electron chi connectivity index (χ2n) is 5.67. The van der Waals surface area contributed by atoms with Crippen LogP contribution in [0.25, 0.3) is 0 Å². The third-order valence-electron chi connectivity index (χ3n) is 3.38. The lowest BCUT2D eigenvalue weighted by Crippen LogP contribution is -1.99. The van der Waals surface area contributed by atoms with Crippen molar-refractivity contribution in [2.45, 2.75) is 84.0 Å². The maximum atomic E-state index is 2.29. The van der Waals surface area contributed by atoms with Crippen LogP contribution in [0.4, 0.5) is 0 Å². The molecule has 18 heavy (non-hydrogen) atoms. The Bertz CT molecular complexity index is 172. The van der Waals surface area contributed by atoms with E-state index in [1.807, 2.05) is 0 Å². The van der Waals surface area contributed by atoms with Gasteiger partial charge in [0.25, 0.3) is 0 Å². The molecule has 108 valence electrons. The zero-order valence-electron chi connectivity index (χ0n) is 13.1. The van der Waals surface area contributed by atoms with E-state index in [9.17, 15) is 0 Å². The van der Waals surface area contributed by atoms with E-state index in [4.69, 9.17) is 0 Å². The van der Waals surface area contributed by atoms with Crippen LogP contribution in [0.5, 0.6) is 0 Å². The minimum atomic E-state index is 1.25. The maximum absolute atomic E-state index is 2.29. The number of rotatable bonds is 13. The summed E-state index contributed by atoms with van der Waals surface area (Å²) in [6.07, 6.45) is 21.4. The molecule has 0 heterocycles. The first kappa shape index (κ1) is 17.5. The van der Waals surface area contributed by atoms with Gasteiger partial charge in [-0.05, 0) is 19.0 Å². The molecule has 0 aromatic heterocycles. The fraction of sp³-hybridized carbons (Fsp3) is 0.882. The molecule has 0 aliphatic rings. The third-order valence-corrected chi connectivity index (χ3v) is 3.38. The molecular formula is C17H35N. The van der Waals surface area contributed by atoms with Crippen molar-refractivity contribution >= 4 is 0 Å². The molecule has 0 fully saturated rings. The molecule has 0 saturated heterocycles. The van der Waals surface area contributed by atoms with Crippen LogP contribution >= 0.6 is 0 Å². The van der Waals surface area contributed by atoms with Crippen LogP contribution in [0.15, 0.2) is 12.3 Å². The Balaban J connectivity index is 2.99. The SMILES string of the molecule is CCCCCCCCCCCCC/C=C/N(C)C. The van der Waals surface area contributed by atoms with Crippen LogP contribution in [0.2, 0.25) is 0 Å². The molecule has 0 amide bonds. The second-order valence-corrected chi connectivity index (χ2v) is 5.67. The molecule has 0 bridgehead atoms. The molecule has 0 N–H and O–H groups in total. The van der Waals surface area contributed by atoms with Gasteiger partial charge in [0.1, 0.15) is 0 Å². The quantitative estimate of drug-likeness (QED) is 0.377. The van der Waals surface area contributed by atoms with Crippen molar-refractivity contribution in [2.75, 3.05) is 14.1 Å². The monoisotopic (exact) mass is 253 g/mol. The normalized spacial score (nSPS) is 11.3. The topological polar surface area (TPSA) is 3.24 Å². The number of hydrogen-bond donors (Lipinski definition) is 0. The highest BCUT2D eigenvalue weighted by Gasteiger charge is 1.92. The Kier molecular flexibility index (Phi) is 14.2. The Hall–Kier alpha value is -0.460. The average Bonchev–Trinajstić information content (AvgIpc) is 2.34. The van der Waals surface area contributed by atoms with Crippen molar-refractivity contribution < 1.29 is 0 Å². The van der Waals surface area contributed by atoms with E-state index in [0.29, 0.717) is 0 Å². The summed E-state index contributed by atoms with van der Waals surface area (Å²) >= 11 is 0.